The van der Waals surface area contributed by atoms with Crippen LogP contribution in [0.1, 0.15) is 24.2 Å². The summed E-state index contributed by atoms with van der Waals surface area (Å²) in [7, 11) is 1.47. The summed E-state index contributed by atoms with van der Waals surface area (Å²) in [4.78, 5) is 43.2. The van der Waals surface area contributed by atoms with Crippen molar-refractivity contribution >= 4 is 28.1 Å². The van der Waals surface area contributed by atoms with E-state index in [-0.39, 0.29) is 40.9 Å². The number of benzene rings is 1. The molecule has 1 unspecified atom stereocenters. The van der Waals surface area contributed by atoms with E-state index in [9.17, 15) is 18.9 Å². The van der Waals surface area contributed by atoms with Crippen molar-refractivity contribution in [2.24, 2.45) is 12.8 Å². The van der Waals surface area contributed by atoms with Gasteiger partial charge in [-0.3, -0.25) is 23.3 Å². The minimum Gasteiger partial charge on any atom is -0.609 e. The van der Waals surface area contributed by atoms with Crippen molar-refractivity contribution in [2.45, 2.75) is 32.1 Å². The Balaban J connectivity index is 2.23. The van der Waals surface area contributed by atoms with E-state index in [4.69, 9.17) is 5.73 Å². The summed E-state index contributed by atoms with van der Waals surface area (Å²) in [5, 5.41) is 0.178. The summed E-state index contributed by atoms with van der Waals surface area (Å²) in [6, 6.07) is 8.46. The van der Waals surface area contributed by atoms with E-state index in [0.717, 1.165) is 10.1 Å². The topological polar surface area (TPSA) is 128 Å². The van der Waals surface area contributed by atoms with E-state index < -0.39 is 29.0 Å². The SMILES string of the molecule is CC(C)=CCn1c([S+]([O-])CCN)nc2c1c(=O)n(CC(=O)c1ccccc1)c(=O)n2C. The van der Waals surface area contributed by atoms with Crippen molar-refractivity contribution in [3.8, 4) is 0 Å². The summed E-state index contributed by atoms with van der Waals surface area (Å²) in [6.45, 7) is 3.85. The Kier molecular flexibility index (Phi) is 6.94. The molecule has 3 rings (SSSR count). The number of aryl methyl sites for hydroxylation is 1. The summed E-state index contributed by atoms with van der Waals surface area (Å²) in [6.07, 6.45) is 1.87. The smallest absolute Gasteiger partial charge is 0.332 e. The molecule has 0 spiro atoms. The number of rotatable bonds is 8. The van der Waals surface area contributed by atoms with Crippen molar-refractivity contribution in [1.29, 1.82) is 0 Å². The van der Waals surface area contributed by atoms with Gasteiger partial charge in [-0.2, -0.15) is 4.98 Å². The third-order valence-corrected chi connectivity index (χ3v) is 6.11. The predicted molar refractivity (Wildman–Crippen MR) is 120 cm³/mol. The molecule has 0 saturated heterocycles. The number of allylic oxidation sites excluding steroid dienone is 2. The quantitative estimate of drug-likeness (QED) is 0.312. The second-order valence-corrected chi connectivity index (χ2v) is 8.78. The van der Waals surface area contributed by atoms with Crippen LogP contribution in [0.5, 0.6) is 0 Å². The number of carbonyl (C=O) groups excluding carboxylic acids is 1. The highest BCUT2D eigenvalue weighted by molar-refractivity contribution is 7.91. The Bertz CT molecular complexity index is 1250. The molecule has 0 fully saturated rings. The maximum atomic E-state index is 13.3. The van der Waals surface area contributed by atoms with Gasteiger partial charge in [-0.05, 0) is 13.8 Å². The first-order chi connectivity index (χ1) is 14.8. The third-order valence-electron chi connectivity index (χ3n) is 4.78. The second-order valence-electron chi connectivity index (χ2n) is 7.32. The maximum absolute atomic E-state index is 13.3. The molecule has 2 N–H and O–H groups in total. The Labute approximate surface area is 182 Å². The highest BCUT2D eigenvalue weighted by Gasteiger charge is 2.27. The lowest BCUT2D eigenvalue weighted by atomic mass is 10.1. The second kappa shape index (κ2) is 9.46. The van der Waals surface area contributed by atoms with Crippen LogP contribution >= 0.6 is 0 Å². The molecule has 31 heavy (non-hydrogen) atoms. The van der Waals surface area contributed by atoms with Crippen LogP contribution in [0.15, 0.2) is 56.7 Å². The van der Waals surface area contributed by atoms with Crippen LogP contribution in [0, 0.1) is 0 Å². The van der Waals surface area contributed by atoms with E-state index in [1.54, 1.807) is 34.9 Å². The first-order valence-corrected chi connectivity index (χ1v) is 11.1. The van der Waals surface area contributed by atoms with Gasteiger partial charge in [-0.25, -0.2) is 4.79 Å². The number of Topliss-reactive ketones (excluding diaryl/α,β-unsaturated/α-hetero) is 1. The monoisotopic (exact) mass is 443 g/mol. The van der Waals surface area contributed by atoms with E-state index in [0.29, 0.717) is 5.56 Å². The van der Waals surface area contributed by atoms with E-state index in [1.807, 2.05) is 19.9 Å². The van der Waals surface area contributed by atoms with Gasteiger partial charge in [-0.15, -0.1) is 0 Å². The zero-order valence-electron chi connectivity index (χ0n) is 17.7. The van der Waals surface area contributed by atoms with Gasteiger partial charge >= 0.3 is 10.8 Å². The number of ketones is 1. The number of hydrogen-bond donors (Lipinski definition) is 1. The van der Waals surface area contributed by atoms with Crippen LogP contribution in [-0.2, 0) is 31.3 Å². The molecule has 0 aliphatic heterocycles. The summed E-state index contributed by atoms with van der Waals surface area (Å²) in [5.41, 5.74) is 5.90. The first kappa shape index (κ1) is 22.7. The molecule has 164 valence electrons. The molecule has 1 atom stereocenters. The molecular formula is C21H25N5O4S. The molecule has 1 aromatic carbocycles. The minimum absolute atomic E-state index is 0.126. The average Bonchev–Trinajstić information content (AvgIpc) is 3.14. The largest absolute Gasteiger partial charge is 0.609 e. The lowest BCUT2D eigenvalue weighted by Crippen LogP contribution is -2.41. The average molecular weight is 444 g/mol. The van der Waals surface area contributed by atoms with Gasteiger partial charge in [0.2, 0.25) is 0 Å². The number of fused-ring (bicyclic) bond motifs is 1. The van der Waals surface area contributed by atoms with Crippen LogP contribution in [0.4, 0.5) is 0 Å². The Morgan fingerprint density at radius 2 is 1.87 bits per heavy atom. The zero-order valence-corrected chi connectivity index (χ0v) is 18.5. The summed E-state index contributed by atoms with van der Waals surface area (Å²) >= 11 is -1.55. The van der Waals surface area contributed by atoms with Gasteiger partial charge < -0.3 is 10.3 Å². The normalized spacial score (nSPS) is 12.2. The molecule has 3 aromatic rings. The zero-order chi connectivity index (χ0) is 22.7. The van der Waals surface area contributed by atoms with Crippen LogP contribution in [-0.4, -0.2) is 41.3 Å². The fraction of sp³-hybridized carbons (Fsp3) is 0.333. The summed E-state index contributed by atoms with van der Waals surface area (Å²) < 4.78 is 16.4. The molecule has 0 bridgehead atoms. The van der Waals surface area contributed by atoms with Crippen molar-refractivity contribution < 1.29 is 9.35 Å². The Hall–Kier alpha value is -2.95. The molecule has 0 amide bonds. The molecular weight excluding hydrogens is 418 g/mol. The Morgan fingerprint density at radius 3 is 2.48 bits per heavy atom. The molecule has 0 saturated carbocycles. The van der Waals surface area contributed by atoms with Gasteiger partial charge in [0.15, 0.2) is 16.9 Å². The van der Waals surface area contributed by atoms with Gasteiger partial charge in [0.05, 0.1) is 6.54 Å². The molecule has 10 heteroatoms. The summed E-state index contributed by atoms with van der Waals surface area (Å²) in [5.74, 6) is -0.186. The van der Waals surface area contributed by atoms with Crippen LogP contribution in [0.25, 0.3) is 11.2 Å². The number of hydrogen-bond acceptors (Lipinski definition) is 6. The molecule has 0 radical (unpaired) electrons. The van der Waals surface area contributed by atoms with E-state index in [1.165, 1.54) is 11.6 Å². The molecule has 2 aromatic heterocycles. The van der Waals surface area contributed by atoms with Gasteiger partial charge in [0, 0.05) is 36.9 Å². The third kappa shape index (κ3) is 4.55. The first-order valence-electron chi connectivity index (χ1n) is 9.76. The standard InChI is InChI=1S/C21H25N5O4S/c1-14(2)9-11-25-17-18(23-20(25)31(30)12-10-22)24(3)21(29)26(19(17)28)13-16(27)15-7-5-4-6-8-15/h4-9H,10-13,22H2,1-3H3. The van der Waals surface area contributed by atoms with Crippen molar-refractivity contribution in [3.63, 3.8) is 0 Å². The predicted octanol–water partition coefficient (Wildman–Crippen LogP) is 0.812. The number of imidazole rings is 1. The number of nitrogens with two attached hydrogens (primary N) is 1. The van der Waals surface area contributed by atoms with E-state index in [2.05, 4.69) is 4.98 Å². The highest BCUT2D eigenvalue weighted by Crippen LogP contribution is 2.18. The van der Waals surface area contributed by atoms with Gasteiger partial charge in [-0.1, -0.05) is 42.0 Å². The maximum Gasteiger partial charge on any atom is 0.332 e. The Morgan fingerprint density at radius 1 is 1.19 bits per heavy atom. The number of nitrogens with zero attached hydrogens (tertiary/aromatic N) is 4. The molecule has 0 aliphatic carbocycles. The molecule has 9 nitrogen and oxygen atoms in total. The van der Waals surface area contributed by atoms with Crippen molar-refractivity contribution in [3.05, 3.63) is 68.4 Å². The molecule has 0 aliphatic rings. The van der Waals surface area contributed by atoms with Gasteiger partial charge in [0.1, 0.15) is 5.75 Å². The van der Waals surface area contributed by atoms with E-state index >= 15 is 0 Å². The van der Waals surface area contributed by atoms with Crippen molar-refractivity contribution in [2.75, 3.05) is 12.3 Å². The molecule has 2 heterocycles. The minimum atomic E-state index is -1.55. The lowest BCUT2D eigenvalue weighted by Gasteiger charge is -2.11. The van der Waals surface area contributed by atoms with Crippen LogP contribution in [0.2, 0.25) is 0 Å². The number of aromatic nitrogens is 4. The number of carbonyl (C=O) groups is 1. The van der Waals surface area contributed by atoms with Crippen LogP contribution < -0.4 is 17.0 Å². The van der Waals surface area contributed by atoms with Gasteiger partial charge in [0.25, 0.3) is 5.56 Å². The fourth-order valence-electron chi connectivity index (χ4n) is 3.17. The fourth-order valence-corrected chi connectivity index (χ4v) is 4.16. The van der Waals surface area contributed by atoms with Crippen molar-refractivity contribution in [1.82, 2.24) is 18.7 Å². The lowest BCUT2D eigenvalue weighted by molar-refractivity contribution is 0.0969. The van der Waals surface area contributed by atoms with Crippen LogP contribution in [0.3, 0.4) is 0 Å². The highest BCUT2D eigenvalue weighted by atomic mass is 32.2.